The first kappa shape index (κ1) is 21.3. The molecule has 1 N–H and O–H groups in total. The number of hydrogen-bond acceptors (Lipinski definition) is 5. The van der Waals surface area contributed by atoms with Crippen LogP contribution in [0, 0.1) is 0 Å². The van der Waals surface area contributed by atoms with Gasteiger partial charge in [-0.3, -0.25) is 4.79 Å². The van der Waals surface area contributed by atoms with E-state index in [0.29, 0.717) is 17.1 Å². The van der Waals surface area contributed by atoms with Gasteiger partial charge in [-0.1, -0.05) is 6.07 Å². The lowest BCUT2D eigenvalue weighted by atomic mass is 10.2. The number of amides is 1. The van der Waals surface area contributed by atoms with E-state index in [1.807, 2.05) is 13.8 Å². The molecule has 0 spiro atoms. The van der Waals surface area contributed by atoms with Crippen LogP contribution in [-0.2, 0) is 14.3 Å². The van der Waals surface area contributed by atoms with Gasteiger partial charge >= 0.3 is 12.1 Å². The van der Waals surface area contributed by atoms with Crippen molar-refractivity contribution in [3.05, 3.63) is 29.8 Å². The van der Waals surface area contributed by atoms with Gasteiger partial charge in [0.05, 0.1) is 13.2 Å². The molecular weight excluding hydrogens is 355 g/mol. The number of nitrogens with one attached hydrogen (secondary N) is 1. The van der Waals surface area contributed by atoms with Crippen molar-refractivity contribution in [2.75, 3.05) is 20.3 Å². The molecule has 0 aliphatic rings. The molecule has 9 heteroatoms. The van der Waals surface area contributed by atoms with E-state index in [1.54, 1.807) is 23.5 Å². The number of carbonyl (C=O) groups is 2. The Labute approximate surface area is 148 Å². The molecule has 0 aliphatic heterocycles. The van der Waals surface area contributed by atoms with Crippen LogP contribution in [0.15, 0.2) is 24.3 Å². The zero-order valence-electron chi connectivity index (χ0n) is 14.6. The Kier molecular flexibility index (Phi) is 7.95. The fraction of sp³-hybridized carbons (Fsp3) is 0.412. The maximum absolute atomic E-state index is 11.9. The van der Waals surface area contributed by atoms with E-state index in [0.717, 1.165) is 6.08 Å². The van der Waals surface area contributed by atoms with Crippen LogP contribution in [-0.4, -0.2) is 44.4 Å². The van der Waals surface area contributed by atoms with E-state index in [1.165, 1.54) is 13.2 Å². The second-order valence-corrected chi connectivity index (χ2v) is 5.41. The van der Waals surface area contributed by atoms with Crippen LogP contribution in [0.4, 0.5) is 13.2 Å². The summed E-state index contributed by atoms with van der Waals surface area (Å²) in [4.78, 5) is 22.7. The Morgan fingerprint density at radius 3 is 2.50 bits per heavy atom. The molecule has 0 aliphatic carbocycles. The average Bonchev–Trinajstić information content (AvgIpc) is 2.56. The zero-order chi connectivity index (χ0) is 19.7. The van der Waals surface area contributed by atoms with Crippen molar-refractivity contribution in [2.24, 2.45) is 0 Å². The minimum atomic E-state index is -4.52. The molecule has 0 unspecified atom stereocenters. The highest BCUT2D eigenvalue weighted by Gasteiger charge is 2.27. The van der Waals surface area contributed by atoms with E-state index < -0.39 is 31.2 Å². The summed E-state index contributed by atoms with van der Waals surface area (Å²) in [6.07, 6.45) is -2.10. The molecule has 144 valence electrons. The van der Waals surface area contributed by atoms with Crippen LogP contribution < -0.4 is 14.8 Å². The van der Waals surface area contributed by atoms with Gasteiger partial charge < -0.3 is 19.5 Å². The number of alkyl halides is 3. The van der Waals surface area contributed by atoms with Gasteiger partial charge in [-0.15, -0.1) is 0 Å². The van der Waals surface area contributed by atoms with Crippen molar-refractivity contribution in [2.45, 2.75) is 26.1 Å². The fourth-order valence-corrected chi connectivity index (χ4v) is 1.74. The lowest BCUT2D eigenvalue weighted by Crippen LogP contribution is -2.36. The second kappa shape index (κ2) is 9.69. The van der Waals surface area contributed by atoms with Gasteiger partial charge in [0.15, 0.2) is 18.1 Å². The van der Waals surface area contributed by atoms with E-state index in [9.17, 15) is 22.8 Å². The van der Waals surface area contributed by atoms with Gasteiger partial charge in [-0.05, 0) is 37.6 Å². The fourth-order valence-electron chi connectivity index (χ4n) is 1.74. The second-order valence-electron chi connectivity index (χ2n) is 5.41. The molecule has 0 fully saturated rings. The number of methoxy groups -OCH3 is 1. The van der Waals surface area contributed by atoms with Gasteiger partial charge in [0.25, 0.3) is 5.91 Å². The van der Waals surface area contributed by atoms with Crippen LogP contribution in [0.2, 0.25) is 0 Å². The number of esters is 1. The lowest BCUT2D eigenvalue weighted by Gasteiger charge is -2.13. The molecule has 1 rings (SSSR count). The van der Waals surface area contributed by atoms with Gasteiger partial charge in [-0.25, -0.2) is 4.79 Å². The highest BCUT2D eigenvalue weighted by atomic mass is 19.4. The number of rotatable bonds is 8. The number of carbonyl (C=O) groups excluding carboxylic acids is 2. The Bertz CT molecular complexity index is 656. The molecule has 0 saturated heterocycles. The third-order valence-corrected chi connectivity index (χ3v) is 2.79. The standard InChI is InChI=1S/C17H20F3NO5/c1-11(2)26-13-6-4-12(8-14(13)24-3)5-7-16(23)25-9-15(22)21-10-17(18,19)20/h4-8,11H,9-10H2,1-3H3,(H,21,22)/b7-5+. The smallest absolute Gasteiger partial charge is 0.405 e. The summed E-state index contributed by atoms with van der Waals surface area (Å²) in [5.74, 6) is -0.890. The SMILES string of the molecule is COc1cc(/C=C/C(=O)OCC(=O)NCC(F)(F)F)ccc1OC(C)C. The normalized spacial score (nSPS) is 11.5. The maximum atomic E-state index is 11.9. The van der Waals surface area contributed by atoms with Crippen molar-refractivity contribution in [1.29, 1.82) is 0 Å². The van der Waals surface area contributed by atoms with Crippen LogP contribution in [0.1, 0.15) is 19.4 Å². The number of hydrogen-bond donors (Lipinski definition) is 1. The molecule has 1 aromatic carbocycles. The number of benzene rings is 1. The molecule has 0 radical (unpaired) electrons. The topological polar surface area (TPSA) is 73.9 Å². The van der Waals surface area contributed by atoms with Gasteiger partial charge in [0.2, 0.25) is 0 Å². The Balaban J connectivity index is 2.56. The molecule has 0 bridgehead atoms. The summed E-state index contributed by atoms with van der Waals surface area (Å²) < 4.78 is 51.1. The summed E-state index contributed by atoms with van der Waals surface area (Å²) in [5.41, 5.74) is 0.608. The zero-order valence-corrected chi connectivity index (χ0v) is 14.6. The van der Waals surface area contributed by atoms with E-state index in [4.69, 9.17) is 9.47 Å². The quantitative estimate of drug-likeness (QED) is 0.559. The van der Waals surface area contributed by atoms with Gasteiger partial charge in [-0.2, -0.15) is 13.2 Å². The van der Waals surface area contributed by atoms with Crippen LogP contribution in [0.3, 0.4) is 0 Å². The molecule has 0 saturated carbocycles. The van der Waals surface area contributed by atoms with E-state index in [-0.39, 0.29) is 6.10 Å². The molecular formula is C17H20F3NO5. The van der Waals surface area contributed by atoms with Crippen molar-refractivity contribution < 1.29 is 37.0 Å². The van der Waals surface area contributed by atoms with Crippen molar-refractivity contribution in [3.8, 4) is 11.5 Å². The summed E-state index contributed by atoms with van der Waals surface area (Å²) in [5, 5.41) is 1.59. The molecule has 1 aromatic rings. The third kappa shape index (κ3) is 8.41. The summed E-state index contributed by atoms with van der Waals surface area (Å²) >= 11 is 0. The van der Waals surface area contributed by atoms with Crippen molar-refractivity contribution in [3.63, 3.8) is 0 Å². The van der Waals surface area contributed by atoms with Crippen molar-refractivity contribution >= 4 is 18.0 Å². The summed E-state index contributed by atoms with van der Waals surface area (Å²) in [6.45, 7) is 1.45. The summed E-state index contributed by atoms with van der Waals surface area (Å²) in [6, 6.07) is 4.99. The summed E-state index contributed by atoms with van der Waals surface area (Å²) in [7, 11) is 1.48. The first-order chi connectivity index (χ1) is 12.1. The molecule has 0 atom stereocenters. The Hall–Kier alpha value is -2.71. The van der Waals surface area contributed by atoms with Crippen LogP contribution in [0.5, 0.6) is 11.5 Å². The highest BCUT2D eigenvalue weighted by molar-refractivity contribution is 5.89. The number of halogens is 3. The lowest BCUT2D eigenvalue weighted by molar-refractivity contribution is -0.148. The first-order valence-corrected chi connectivity index (χ1v) is 7.63. The van der Waals surface area contributed by atoms with Crippen LogP contribution >= 0.6 is 0 Å². The van der Waals surface area contributed by atoms with Gasteiger partial charge in [0.1, 0.15) is 6.54 Å². The minimum absolute atomic E-state index is 0.0382. The molecule has 1 amide bonds. The molecule has 26 heavy (non-hydrogen) atoms. The Morgan fingerprint density at radius 2 is 1.92 bits per heavy atom. The Morgan fingerprint density at radius 1 is 1.23 bits per heavy atom. The van der Waals surface area contributed by atoms with E-state index in [2.05, 4.69) is 4.74 Å². The molecule has 0 heterocycles. The largest absolute Gasteiger partial charge is 0.493 e. The molecule has 0 aromatic heterocycles. The average molecular weight is 375 g/mol. The highest BCUT2D eigenvalue weighted by Crippen LogP contribution is 2.29. The molecule has 6 nitrogen and oxygen atoms in total. The van der Waals surface area contributed by atoms with Crippen LogP contribution in [0.25, 0.3) is 6.08 Å². The van der Waals surface area contributed by atoms with E-state index >= 15 is 0 Å². The van der Waals surface area contributed by atoms with Gasteiger partial charge in [0, 0.05) is 6.08 Å². The maximum Gasteiger partial charge on any atom is 0.405 e. The van der Waals surface area contributed by atoms with Crippen molar-refractivity contribution in [1.82, 2.24) is 5.32 Å². The predicted octanol–water partition coefficient (Wildman–Crippen LogP) is 2.72. The monoisotopic (exact) mass is 375 g/mol. The minimum Gasteiger partial charge on any atom is -0.493 e. The first-order valence-electron chi connectivity index (χ1n) is 7.63. The predicted molar refractivity (Wildman–Crippen MR) is 87.8 cm³/mol. The third-order valence-electron chi connectivity index (χ3n) is 2.79. The number of ether oxygens (including phenoxy) is 3.